The highest BCUT2D eigenvalue weighted by Gasteiger charge is 2.14. The quantitative estimate of drug-likeness (QED) is 0.481. The summed E-state index contributed by atoms with van der Waals surface area (Å²) in [6.45, 7) is 3.63. The van der Waals surface area contributed by atoms with E-state index in [-0.39, 0.29) is 10.6 Å². The molecule has 17 heavy (non-hydrogen) atoms. The molecule has 0 amide bonds. The summed E-state index contributed by atoms with van der Waals surface area (Å²) in [7, 11) is -4.31. The molecule has 0 aliphatic heterocycles. The zero-order chi connectivity index (χ0) is 13.1. The van der Waals surface area contributed by atoms with Gasteiger partial charge in [0.2, 0.25) is 0 Å². The largest absolute Gasteiger partial charge is 0.424 e. The number of esters is 1. The van der Waals surface area contributed by atoms with Gasteiger partial charge in [-0.15, -0.1) is 0 Å². The Morgan fingerprint density at radius 2 is 2.12 bits per heavy atom. The summed E-state index contributed by atoms with van der Waals surface area (Å²) in [4.78, 5) is 10.5. The molecule has 7 heteroatoms. The molecule has 0 spiro atoms. The van der Waals surface area contributed by atoms with Crippen molar-refractivity contribution in [1.82, 2.24) is 0 Å². The van der Waals surface area contributed by atoms with Gasteiger partial charge in [-0.3, -0.25) is 9.35 Å². The van der Waals surface area contributed by atoms with Gasteiger partial charge in [-0.25, -0.2) is 0 Å². The highest BCUT2D eigenvalue weighted by Crippen LogP contribution is 2.27. The third-order valence-electron chi connectivity index (χ3n) is 1.87. The van der Waals surface area contributed by atoms with E-state index in [1.807, 2.05) is 6.92 Å². The van der Waals surface area contributed by atoms with Crippen molar-refractivity contribution < 1.29 is 22.5 Å². The van der Waals surface area contributed by atoms with Crippen LogP contribution in [-0.2, 0) is 14.9 Å². The predicted octanol–water partition coefficient (Wildman–Crippen LogP) is 1.29. The van der Waals surface area contributed by atoms with Crippen molar-refractivity contribution in [3.8, 4) is 5.75 Å². The Morgan fingerprint density at radius 1 is 1.47 bits per heavy atom. The minimum Gasteiger partial charge on any atom is -0.424 e. The second kappa shape index (κ2) is 5.15. The summed E-state index contributed by atoms with van der Waals surface area (Å²) in [5.41, 5.74) is 0.482. The highest BCUT2D eigenvalue weighted by atomic mass is 32.2. The maximum Gasteiger partial charge on any atom is 0.308 e. The van der Waals surface area contributed by atoms with Gasteiger partial charge in [0.25, 0.3) is 10.1 Å². The van der Waals surface area contributed by atoms with Crippen molar-refractivity contribution in [3.63, 3.8) is 0 Å². The van der Waals surface area contributed by atoms with Gasteiger partial charge < -0.3 is 10.1 Å². The van der Waals surface area contributed by atoms with Gasteiger partial charge in [-0.1, -0.05) is 0 Å². The molecule has 0 aliphatic rings. The molecule has 0 heterocycles. The fourth-order valence-electron chi connectivity index (χ4n) is 1.24. The van der Waals surface area contributed by atoms with Gasteiger partial charge in [0, 0.05) is 19.5 Å². The van der Waals surface area contributed by atoms with E-state index in [1.54, 1.807) is 0 Å². The summed E-state index contributed by atoms with van der Waals surface area (Å²) >= 11 is 0. The van der Waals surface area contributed by atoms with Crippen LogP contribution in [0, 0.1) is 0 Å². The first kappa shape index (κ1) is 13.5. The minimum absolute atomic E-state index is 0.0643. The molecule has 6 nitrogen and oxygen atoms in total. The van der Waals surface area contributed by atoms with Crippen LogP contribution in [0.3, 0.4) is 0 Å². The van der Waals surface area contributed by atoms with E-state index >= 15 is 0 Å². The van der Waals surface area contributed by atoms with Gasteiger partial charge in [0.05, 0.1) is 10.6 Å². The molecule has 0 aliphatic carbocycles. The van der Waals surface area contributed by atoms with Gasteiger partial charge in [0.15, 0.2) is 5.75 Å². The van der Waals surface area contributed by atoms with Gasteiger partial charge in [-0.2, -0.15) is 8.42 Å². The molecule has 1 aromatic carbocycles. The van der Waals surface area contributed by atoms with E-state index < -0.39 is 16.1 Å². The fraction of sp³-hybridized carbons (Fsp3) is 0.300. The van der Waals surface area contributed by atoms with Crippen molar-refractivity contribution in [1.29, 1.82) is 0 Å². The first-order valence-electron chi connectivity index (χ1n) is 4.88. The topological polar surface area (TPSA) is 92.7 Å². The van der Waals surface area contributed by atoms with Gasteiger partial charge in [0.1, 0.15) is 0 Å². The van der Waals surface area contributed by atoms with E-state index in [1.165, 1.54) is 19.1 Å². The van der Waals surface area contributed by atoms with Crippen LogP contribution >= 0.6 is 0 Å². The van der Waals surface area contributed by atoms with Crippen LogP contribution in [0.5, 0.6) is 5.75 Å². The Bertz CT molecular complexity index is 523. The van der Waals surface area contributed by atoms with Crippen molar-refractivity contribution in [3.05, 3.63) is 18.2 Å². The Hall–Kier alpha value is -1.60. The SMILES string of the molecule is CCNc1ccc(S(=O)(=O)O)cc1OC(C)=O. The number of anilines is 1. The fourth-order valence-corrected chi connectivity index (χ4v) is 1.73. The Labute approximate surface area is 99.3 Å². The van der Waals surface area contributed by atoms with Gasteiger partial charge >= 0.3 is 5.97 Å². The lowest BCUT2D eigenvalue weighted by Crippen LogP contribution is -2.07. The number of hydrogen-bond donors (Lipinski definition) is 2. The van der Waals surface area contributed by atoms with Crippen LogP contribution in [0.25, 0.3) is 0 Å². The van der Waals surface area contributed by atoms with Crippen LogP contribution in [-0.4, -0.2) is 25.5 Å². The summed E-state index contributed by atoms with van der Waals surface area (Å²) in [5, 5.41) is 2.91. The summed E-state index contributed by atoms with van der Waals surface area (Å²) in [6.07, 6.45) is 0. The zero-order valence-electron chi connectivity index (χ0n) is 9.43. The number of ether oxygens (including phenoxy) is 1. The molecule has 0 fully saturated rings. The van der Waals surface area contributed by atoms with Crippen LogP contribution < -0.4 is 10.1 Å². The second-order valence-electron chi connectivity index (χ2n) is 3.26. The first-order chi connectivity index (χ1) is 7.84. The summed E-state index contributed by atoms with van der Waals surface area (Å²) in [5.74, 6) is -0.508. The average Bonchev–Trinajstić information content (AvgIpc) is 2.18. The number of benzene rings is 1. The average molecular weight is 259 g/mol. The lowest BCUT2D eigenvalue weighted by atomic mass is 10.3. The molecule has 2 N–H and O–H groups in total. The van der Waals surface area contributed by atoms with Crippen LogP contribution in [0.15, 0.2) is 23.1 Å². The third-order valence-corrected chi connectivity index (χ3v) is 2.72. The molecule has 1 aromatic rings. The molecule has 0 aromatic heterocycles. The van der Waals surface area contributed by atoms with Crippen molar-refractivity contribution in [2.24, 2.45) is 0 Å². The summed E-state index contributed by atoms with van der Waals surface area (Å²) in [6, 6.07) is 3.74. The summed E-state index contributed by atoms with van der Waals surface area (Å²) < 4.78 is 35.6. The molecule has 1 rings (SSSR count). The molecular formula is C10H13NO5S. The molecular weight excluding hydrogens is 246 g/mol. The van der Waals surface area contributed by atoms with E-state index in [0.717, 1.165) is 6.07 Å². The number of hydrogen-bond acceptors (Lipinski definition) is 5. The van der Waals surface area contributed by atoms with E-state index in [9.17, 15) is 13.2 Å². The minimum atomic E-state index is -4.31. The van der Waals surface area contributed by atoms with Crippen molar-refractivity contribution in [2.45, 2.75) is 18.7 Å². The van der Waals surface area contributed by atoms with E-state index in [0.29, 0.717) is 12.2 Å². The lowest BCUT2D eigenvalue weighted by molar-refractivity contribution is -0.131. The van der Waals surface area contributed by atoms with Crippen LogP contribution in [0.1, 0.15) is 13.8 Å². The number of carbonyl (C=O) groups excluding carboxylic acids is 1. The number of nitrogens with one attached hydrogen (secondary N) is 1. The molecule has 0 bridgehead atoms. The Balaban J connectivity index is 3.23. The molecule has 0 saturated heterocycles. The Kier molecular flexibility index (Phi) is 4.08. The maximum absolute atomic E-state index is 10.9. The monoisotopic (exact) mass is 259 g/mol. The Morgan fingerprint density at radius 3 is 2.59 bits per heavy atom. The van der Waals surface area contributed by atoms with Crippen LogP contribution in [0.4, 0.5) is 5.69 Å². The zero-order valence-corrected chi connectivity index (χ0v) is 10.2. The van der Waals surface area contributed by atoms with E-state index in [4.69, 9.17) is 9.29 Å². The van der Waals surface area contributed by atoms with Crippen molar-refractivity contribution in [2.75, 3.05) is 11.9 Å². The second-order valence-corrected chi connectivity index (χ2v) is 4.68. The molecule has 0 unspecified atom stereocenters. The molecule has 0 radical (unpaired) electrons. The highest BCUT2D eigenvalue weighted by molar-refractivity contribution is 7.85. The molecule has 0 atom stereocenters. The number of carbonyl (C=O) groups is 1. The van der Waals surface area contributed by atoms with Crippen LogP contribution in [0.2, 0.25) is 0 Å². The van der Waals surface area contributed by atoms with Crippen molar-refractivity contribution >= 4 is 21.8 Å². The van der Waals surface area contributed by atoms with E-state index in [2.05, 4.69) is 5.32 Å². The molecule has 0 saturated carbocycles. The third kappa shape index (κ3) is 3.72. The normalized spacial score (nSPS) is 11.0. The lowest BCUT2D eigenvalue weighted by Gasteiger charge is -2.10. The predicted molar refractivity (Wildman–Crippen MR) is 61.7 cm³/mol. The maximum atomic E-state index is 10.9. The smallest absolute Gasteiger partial charge is 0.308 e. The molecule has 94 valence electrons. The van der Waals surface area contributed by atoms with Gasteiger partial charge in [-0.05, 0) is 19.1 Å². The standard InChI is InChI=1S/C10H13NO5S/c1-3-11-9-5-4-8(17(13,14)15)6-10(9)16-7(2)12/h4-6,11H,3H2,1-2H3,(H,13,14,15). The number of rotatable bonds is 4. The first-order valence-corrected chi connectivity index (χ1v) is 6.32.